The molecule has 0 aliphatic carbocycles. The predicted molar refractivity (Wildman–Crippen MR) is 47.6 cm³/mol. The lowest BCUT2D eigenvalue weighted by atomic mass is 10.2. The molecule has 2 rings (SSSR count). The van der Waals surface area contributed by atoms with Gasteiger partial charge in [0.1, 0.15) is 0 Å². The monoisotopic (exact) mass is 182 g/mol. The number of allylic oxidation sites excluding steroid dienone is 2. The highest BCUT2D eigenvalue weighted by Gasteiger charge is 2.19. The van der Waals surface area contributed by atoms with E-state index in [4.69, 9.17) is 14.2 Å². The molecular formula is C10H14O3. The Bertz CT molecular complexity index is 188. The van der Waals surface area contributed by atoms with Gasteiger partial charge in [0.2, 0.25) is 12.6 Å². The summed E-state index contributed by atoms with van der Waals surface area (Å²) in [6.07, 6.45) is 11.0. The van der Waals surface area contributed by atoms with Gasteiger partial charge in [0.05, 0.1) is 12.5 Å². The lowest BCUT2D eigenvalue weighted by Gasteiger charge is -2.26. The van der Waals surface area contributed by atoms with Crippen LogP contribution in [0.25, 0.3) is 0 Å². The molecule has 0 radical (unpaired) electrons. The molecule has 3 heteroatoms. The van der Waals surface area contributed by atoms with Crippen molar-refractivity contribution < 1.29 is 14.2 Å². The zero-order chi connectivity index (χ0) is 8.93. The molecule has 0 fully saturated rings. The second-order valence-corrected chi connectivity index (χ2v) is 3.17. The highest BCUT2D eigenvalue weighted by atomic mass is 16.8. The van der Waals surface area contributed by atoms with Gasteiger partial charge in [-0.2, -0.15) is 0 Å². The van der Waals surface area contributed by atoms with E-state index in [2.05, 4.69) is 0 Å². The third-order valence-corrected chi connectivity index (χ3v) is 2.09. The second kappa shape index (κ2) is 4.33. The van der Waals surface area contributed by atoms with Crippen molar-refractivity contribution in [2.45, 2.75) is 38.3 Å². The summed E-state index contributed by atoms with van der Waals surface area (Å²) in [6, 6.07) is 0. The van der Waals surface area contributed by atoms with Gasteiger partial charge in [-0.05, 0) is 25.0 Å². The molecule has 2 aliphatic rings. The average molecular weight is 182 g/mol. The van der Waals surface area contributed by atoms with Crippen LogP contribution in [0.15, 0.2) is 24.7 Å². The Morgan fingerprint density at radius 2 is 1.46 bits per heavy atom. The maximum atomic E-state index is 5.59. The zero-order valence-electron chi connectivity index (χ0n) is 7.52. The van der Waals surface area contributed by atoms with Crippen LogP contribution in [0.1, 0.15) is 25.7 Å². The highest BCUT2D eigenvalue weighted by Crippen LogP contribution is 2.18. The Morgan fingerprint density at radius 1 is 0.923 bits per heavy atom. The van der Waals surface area contributed by atoms with Crippen LogP contribution in [0, 0.1) is 0 Å². The van der Waals surface area contributed by atoms with E-state index in [1.165, 1.54) is 0 Å². The van der Waals surface area contributed by atoms with E-state index in [0.717, 1.165) is 25.7 Å². The minimum Gasteiger partial charge on any atom is -0.473 e. The SMILES string of the molecule is C1=COC(OC2CCC=CO2)CC1. The Hall–Kier alpha value is -0.960. The van der Waals surface area contributed by atoms with Crippen LogP contribution >= 0.6 is 0 Å². The minimum atomic E-state index is -0.124. The van der Waals surface area contributed by atoms with E-state index < -0.39 is 0 Å². The van der Waals surface area contributed by atoms with Gasteiger partial charge in [-0.25, -0.2) is 0 Å². The zero-order valence-corrected chi connectivity index (χ0v) is 7.52. The van der Waals surface area contributed by atoms with Gasteiger partial charge in [-0.1, -0.05) is 0 Å². The topological polar surface area (TPSA) is 27.7 Å². The summed E-state index contributed by atoms with van der Waals surface area (Å²) in [4.78, 5) is 0. The summed E-state index contributed by atoms with van der Waals surface area (Å²) in [6.45, 7) is 0. The van der Waals surface area contributed by atoms with Crippen molar-refractivity contribution in [1.82, 2.24) is 0 Å². The number of hydrogen-bond acceptors (Lipinski definition) is 3. The van der Waals surface area contributed by atoms with Crippen LogP contribution in [-0.4, -0.2) is 12.6 Å². The first-order valence-electron chi connectivity index (χ1n) is 4.71. The predicted octanol–water partition coefficient (Wildman–Crippen LogP) is 2.30. The largest absolute Gasteiger partial charge is 0.473 e. The van der Waals surface area contributed by atoms with E-state index >= 15 is 0 Å². The first kappa shape index (κ1) is 8.63. The molecule has 2 aliphatic heterocycles. The molecule has 0 saturated carbocycles. The second-order valence-electron chi connectivity index (χ2n) is 3.17. The Kier molecular flexibility index (Phi) is 2.87. The summed E-state index contributed by atoms with van der Waals surface area (Å²) in [5, 5.41) is 0. The molecular weight excluding hydrogens is 168 g/mol. The van der Waals surface area contributed by atoms with Gasteiger partial charge < -0.3 is 14.2 Å². The minimum absolute atomic E-state index is 0.124. The van der Waals surface area contributed by atoms with Gasteiger partial charge in [-0.15, -0.1) is 0 Å². The Balaban J connectivity index is 1.76. The fourth-order valence-electron chi connectivity index (χ4n) is 1.39. The molecule has 0 aromatic heterocycles. The quantitative estimate of drug-likeness (QED) is 0.655. The van der Waals surface area contributed by atoms with Crippen molar-refractivity contribution in [3.63, 3.8) is 0 Å². The van der Waals surface area contributed by atoms with E-state index in [1.54, 1.807) is 12.5 Å². The van der Waals surface area contributed by atoms with Crippen molar-refractivity contribution in [3.8, 4) is 0 Å². The van der Waals surface area contributed by atoms with Crippen LogP contribution in [0.3, 0.4) is 0 Å². The summed E-state index contributed by atoms with van der Waals surface area (Å²) < 4.78 is 16.1. The molecule has 2 atom stereocenters. The van der Waals surface area contributed by atoms with E-state index in [1.807, 2.05) is 12.2 Å². The van der Waals surface area contributed by atoms with Crippen LogP contribution in [0.4, 0.5) is 0 Å². The van der Waals surface area contributed by atoms with Crippen molar-refractivity contribution in [2.75, 3.05) is 0 Å². The lowest BCUT2D eigenvalue weighted by molar-refractivity contribution is -0.221. The van der Waals surface area contributed by atoms with E-state index in [9.17, 15) is 0 Å². The fourth-order valence-corrected chi connectivity index (χ4v) is 1.39. The van der Waals surface area contributed by atoms with E-state index in [-0.39, 0.29) is 12.6 Å². The molecule has 0 bridgehead atoms. The molecule has 2 heterocycles. The lowest BCUT2D eigenvalue weighted by Crippen LogP contribution is -2.26. The van der Waals surface area contributed by atoms with Crippen LogP contribution < -0.4 is 0 Å². The molecule has 0 aromatic carbocycles. The van der Waals surface area contributed by atoms with Gasteiger partial charge in [0.15, 0.2) is 0 Å². The number of ether oxygens (including phenoxy) is 3. The molecule has 2 unspecified atom stereocenters. The third-order valence-electron chi connectivity index (χ3n) is 2.09. The fraction of sp³-hybridized carbons (Fsp3) is 0.600. The van der Waals surface area contributed by atoms with Gasteiger partial charge in [0.25, 0.3) is 0 Å². The Labute approximate surface area is 78.0 Å². The first-order valence-corrected chi connectivity index (χ1v) is 4.71. The summed E-state index contributed by atoms with van der Waals surface area (Å²) in [7, 11) is 0. The summed E-state index contributed by atoms with van der Waals surface area (Å²) in [5.41, 5.74) is 0. The van der Waals surface area contributed by atoms with Crippen molar-refractivity contribution in [3.05, 3.63) is 24.7 Å². The smallest absolute Gasteiger partial charge is 0.203 e. The van der Waals surface area contributed by atoms with E-state index in [0.29, 0.717) is 0 Å². The molecule has 3 nitrogen and oxygen atoms in total. The third kappa shape index (κ3) is 2.49. The molecule has 0 saturated heterocycles. The van der Waals surface area contributed by atoms with Crippen molar-refractivity contribution >= 4 is 0 Å². The molecule has 0 N–H and O–H groups in total. The summed E-state index contributed by atoms with van der Waals surface area (Å²) >= 11 is 0. The van der Waals surface area contributed by atoms with Gasteiger partial charge >= 0.3 is 0 Å². The molecule has 0 aromatic rings. The first-order chi connectivity index (χ1) is 6.45. The number of rotatable bonds is 2. The standard InChI is InChI=1S/C10H14O3/c1-3-7-11-9(5-1)13-10-6-2-4-8-12-10/h3-4,7-10H,1-2,5-6H2. The van der Waals surface area contributed by atoms with Crippen molar-refractivity contribution in [1.29, 1.82) is 0 Å². The van der Waals surface area contributed by atoms with Gasteiger partial charge in [0, 0.05) is 12.8 Å². The number of hydrogen-bond donors (Lipinski definition) is 0. The van der Waals surface area contributed by atoms with Crippen molar-refractivity contribution in [2.24, 2.45) is 0 Å². The highest BCUT2D eigenvalue weighted by molar-refractivity contribution is 4.81. The Morgan fingerprint density at radius 3 is 1.85 bits per heavy atom. The molecule has 72 valence electrons. The summed E-state index contributed by atoms with van der Waals surface area (Å²) in [5.74, 6) is 0. The maximum Gasteiger partial charge on any atom is 0.203 e. The molecule has 13 heavy (non-hydrogen) atoms. The molecule has 0 amide bonds. The van der Waals surface area contributed by atoms with Crippen LogP contribution in [-0.2, 0) is 14.2 Å². The van der Waals surface area contributed by atoms with Crippen LogP contribution in [0.5, 0.6) is 0 Å². The average Bonchev–Trinajstić information content (AvgIpc) is 2.21. The normalized spacial score (nSPS) is 32.3. The maximum absolute atomic E-state index is 5.59. The van der Waals surface area contributed by atoms with Crippen LogP contribution in [0.2, 0.25) is 0 Å². The van der Waals surface area contributed by atoms with Gasteiger partial charge in [-0.3, -0.25) is 0 Å². The molecule has 0 spiro atoms.